The Labute approximate surface area is 103 Å². The Morgan fingerprint density at radius 2 is 2.12 bits per heavy atom. The first-order valence-electron chi connectivity index (χ1n) is 6.13. The number of nitrogens with one attached hydrogen (secondary N) is 1. The van der Waals surface area contributed by atoms with E-state index in [0.29, 0.717) is 6.04 Å². The third-order valence-corrected chi connectivity index (χ3v) is 3.64. The molecular weight excluding hydrogens is 216 g/mol. The van der Waals surface area contributed by atoms with Crippen LogP contribution >= 0.6 is 11.8 Å². The molecule has 0 saturated carbocycles. The summed E-state index contributed by atoms with van der Waals surface area (Å²) in [4.78, 5) is 5.81. The van der Waals surface area contributed by atoms with Crippen LogP contribution in [0.4, 0.5) is 0 Å². The van der Waals surface area contributed by atoms with Crippen LogP contribution in [-0.2, 0) is 0 Å². The van der Waals surface area contributed by atoms with Gasteiger partial charge >= 0.3 is 0 Å². The van der Waals surface area contributed by atoms with Crippen LogP contribution in [0.5, 0.6) is 0 Å². The largest absolute Gasteiger partial charge is 0.309 e. The molecule has 1 heterocycles. The van der Waals surface area contributed by atoms with Crippen molar-refractivity contribution in [2.24, 2.45) is 0 Å². The maximum atomic E-state index is 4.54. The second-order valence-electron chi connectivity index (χ2n) is 3.79. The monoisotopic (exact) mass is 238 g/mol. The topological polar surface area (TPSA) is 24.9 Å². The van der Waals surface area contributed by atoms with Crippen LogP contribution < -0.4 is 5.32 Å². The summed E-state index contributed by atoms with van der Waals surface area (Å²) in [5.74, 6) is 1.17. The average molecular weight is 238 g/mol. The van der Waals surface area contributed by atoms with Gasteiger partial charge in [0.15, 0.2) is 0 Å². The number of hydrogen-bond donors (Lipinski definition) is 1. The van der Waals surface area contributed by atoms with Gasteiger partial charge in [0.1, 0.15) is 0 Å². The fourth-order valence-electron chi connectivity index (χ4n) is 1.61. The summed E-state index contributed by atoms with van der Waals surface area (Å²) in [7, 11) is 0. The lowest BCUT2D eigenvalue weighted by Crippen LogP contribution is -2.20. The van der Waals surface area contributed by atoms with Gasteiger partial charge in [-0.05, 0) is 37.3 Å². The summed E-state index contributed by atoms with van der Waals surface area (Å²) >= 11 is 1.88. The van der Waals surface area contributed by atoms with Gasteiger partial charge in [0.2, 0.25) is 0 Å². The molecule has 2 nitrogen and oxygen atoms in total. The summed E-state index contributed by atoms with van der Waals surface area (Å²) in [6.45, 7) is 7.52. The van der Waals surface area contributed by atoms with Gasteiger partial charge < -0.3 is 5.32 Å². The van der Waals surface area contributed by atoms with Crippen molar-refractivity contribution in [3.63, 3.8) is 0 Å². The molecule has 3 heteroatoms. The van der Waals surface area contributed by atoms with Crippen LogP contribution in [0.15, 0.2) is 23.2 Å². The van der Waals surface area contributed by atoms with E-state index in [1.165, 1.54) is 17.1 Å². The van der Waals surface area contributed by atoms with Gasteiger partial charge in [0.25, 0.3) is 0 Å². The van der Waals surface area contributed by atoms with E-state index in [2.05, 4.69) is 43.2 Å². The third-order valence-electron chi connectivity index (χ3n) is 2.45. The molecule has 1 atom stereocenters. The summed E-state index contributed by atoms with van der Waals surface area (Å²) in [5.41, 5.74) is 1.16. The van der Waals surface area contributed by atoms with Crippen molar-refractivity contribution in [2.75, 3.05) is 12.3 Å². The zero-order valence-corrected chi connectivity index (χ0v) is 11.3. The van der Waals surface area contributed by atoms with E-state index in [4.69, 9.17) is 0 Å². The molecule has 1 aromatic rings. The number of nitrogens with zero attached hydrogens (tertiary/aromatic N) is 1. The minimum absolute atomic E-state index is 0.398. The van der Waals surface area contributed by atoms with Crippen LogP contribution in [0.2, 0.25) is 0 Å². The Morgan fingerprint density at radius 1 is 1.31 bits per heavy atom. The highest BCUT2D eigenvalue weighted by Gasteiger charge is 2.08. The first-order valence-corrected chi connectivity index (χ1v) is 7.12. The molecule has 0 spiro atoms. The maximum absolute atomic E-state index is 4.54. The molecule has 0 amide bonds. The van der Waals surface area contributed by atoms with E-state index in [9.17, 15) is 0 Å². The molecule has 1 aromatic heterocycles. The van der Waals surface area contributed by atoms with Crippen molar-refractivity contribution < 1.29 is 0 Å². The molecule has 0 aliphatic rings. The summed E-state index contributed by atoms with van der Waals surface area (Å²) in [6.07, 6.45) is 4.29. The van der Waals surface area contributed by atoms with Gasteiger partial charge in [-0.25, -0.2) is 0 Å². The fraction of sp³-hybridized carbons (Fsp3) is 0.615. The average Bonchev–Trinajstić information content (AvgIpc) is 2.34. The smallest absolute Gasteiger partial charge is 0.0573 e. The zero-order chi connectivity index (χ0) is 11.8. The molecule has 0 saturated heterocycles. The molecule has 0 radical (unpaired) electrons. The van der Waals surface area contributed by atoms with Crippen molar-refractivity contribution in [2.45, 2.75) is 44.6 Å². The number of aromatic nitrogens is 1. The number of pyridine rings is 1. The van der Waals surface area contributed by atoms with Crippen molar-refractivity contribution in [1.82, 2.24) is 10.3 Å². The second kappa shape index (κ2) is 7.69. The molecule has 1 N–H and O–H groups in total. The van der Waals surface area contributed by atoms with E-state index >= 15 is 0 Å². The van der Waals surface area contributed by atoms with Gasteiger partial charge in [0.05, 0.1) is 5.69 Å². The lowest BCUT2D eigenvalue weighted by atomic mass is 10.1. The van der Waals surface area contributed by atoms with Crippen LogP contribution in [0.1, 0.15) is 45.3 Å². The molecule has 1 unspecified atom stereocenters. The van der Waals surface area contributed by atoms with E-state index < -0.39 is 0 Å². The van der Waals surface area contributed by atoms with Crippen molar-refractivity contribution in [3.8, 4) is 0 Å². The van der Waals surface area contributed by atoms with Crippen LogP contribution in [-0.4, -0.2) is 17.3 Å². The Morgan fingerprint density at radius 3 is 2.62 bits per heavy atom. The molecule has 0 aromatic carbocycles. The van der Waals surface area contributed by atoms with Gasteiger partial charge in [0, 0.05) is 17.1 Å². The van der Waals surface area contributed by atoms with Gasteiger partial charge in [-0.1, -0.05) is 20.8 Å². The molecule has 0 fully saturated rings. The Hall–Kier alpha value is -0.540. The van der Waals surface area contributed by atoms with E-state index in [0.717, 1.165) is 18.7 Å². The molecule has 16 heavy (non-hydrogen) atoms. The summed E-state index contributed by atoms with van der Waals surface area (Å²) in [6, 6.07) is 4.73. The minimum atomic E-state index is 0.398. The normalized spacial score (nSPS) is 12.7. The summed E-state index contributed by atoms with van der Waals surface area (Å²) in [5, 5.41) is 3.44. The van der Waals surface area contributed by atoms with E-state index in [1.54, 1.807) is 0 Å². The lowest BCUT2D eigenvalue weighted by molar-refractivity contribution is 0.524. The van der Waals surface area contributed by atoms with Crippen molar-refractivity contribution in [3.05, 3.63) is 24.0 Å². The molecular formula is C13H22N2S. The van der Waals surface area contributed by atoms with Gasteiger partial charge in [-0.15, -0.1) is 11.8 Å². The molecule has 1 rings (SSSR count). The van der Waals surface area contributed by atoms with Gasteiger partial charge in [-0.3, -0.25) is 4.98 Å². The molecule has 0 aliphatic heterocycles. The Kier molecular flexibility index (Phi) is 6.50. The number of thioether (sulfide) groups is 1. The van der Waals surface area contributed by atoms with Crippen molar-refractivity contribution in [1.29, 1.82) is 0 Å². The van der Waals surface area contributed by atoms with E-state index in [-0.39, 0.29) is 0 Å². The van der Waals surface area contributed by atoms with Crippen LogP contribution in [0, 0.1) is 0 Å². The second-order valence-corrected chi connectivity index (χ2v) is 4.95. The predicted octanol–water partition coefficient (Wildman–Crippen LogP) is 3.64. The third kappa shape index (κ3) is 4.14. The predicted molar refractivity (Wildman–Crippen MR) is 72.0 cm³/mol. The quantitative estimate of drug-likeness (QED) is 0.734. The SMILES string of the molecule is CCCSc1ccc(C(CC)NCC)nc1. The van der Waals surface area contributed by atoms with Crippen LogP contribution in [0.3, 0.4) is 0 Å². The Balaban J connectivity index is 2.61. The molecule has 0 bridgehead atoms. The summed E-state index contributed by atoms with van der Waals surface area (Å²) < 4.78 is 0. The van der Waals surface area contributed by atoms with Crippen molar-refractivity contribution >= 4 is 11.8 Å². The fourth-order valence-corrected chi connectivity index (χ4v) is 2.34. The highest BCUT2D eigenvalue weighted by Crippen LogP contribution is 2.20. The first-order chi connectivity index (χ1) is 7.81. The highest BCUT2D eigenvalue weighted by molar-refractivity contribution is 7.99. The molecule has 0 aliphatic carbocycles. The van der Waals surface area contributed by atoms with E-state index in [1.807, 2.05) is 18.0 Å². The highest BCUT2D eigenvalue weighted by atomic mass is 32.2. The standard InChI is InChI=1S/C13H22N2S/c1-4-9-16-11-7-8-13(15-10-11)12(5-2)14-6-3/h7-8,10,12,14H,4-6,9H2,1-3H3. The maximum Gasteiger partial charge on any atom is 0.0573 e. The number of rotatable bonds is 7. The molecule has 90 valence electrons. The zero-order valence-electron chi connectivity index (χ0n) is 10.5. The number of hydrogen-bond acceptors (Lipinski definition) is 3. The Bertz CT molecular complexity index is 284. The minimum Gasteiger partial charge on any atom is -0.309 e. The lowest BCUT2D eigenvalue weighted by Gasteiger charge is -2.15. The van der Waals surface area contributed by atoms with Gasteiger partial charge in [-0.2, -0.15) is 0 Å². The first kappa shape index (κ1) is 13.5. The van der Waals surface area contributed by atoms with Crippen LogP contribution in [0.25, 0.3) is 0 Å².